The molecule has 4 nitrogen and oxygen atoms in total. The minimum atomic E-state index is 0.0897. The van der Waals surface area contributed by atoms with Crippen molar-refractivity contribution in [3.05, 3.63) is 22.6 Å². The van der Waals surface area contributed by atoms with Crippen molar-refractivity contribution in [3.63, 3.8) is 0 Å². The van der Waals surface area contributed by atoms with E-state index in [0.717, 1.165) is 25.9 Å². The van der Waals surface area contributed by atoms with Crippen LogP contribution in [0.1, 0.15) is 36.0 Å². The average Bonchev–Trinajstić information content (AvgIpc) is 3.09. The molecular weight excluding hydrogens is 296 g/mol. The second-order valence-electron chi connectivity index (χ2n) is 5.02. The molecule has 2 saturated heterocycles. The molecular formula is C13H17BrN2O2. The standard InChI is InChI=1S/C13H17BrN2O2/c14-12-9(5-8-18-12)13(17)16-7-2-4-11(16)10-3-1-6-15-10/h5,8,10-11,15H,1-4,6-7H2. The molecule has 98 valence electrons. The molecule has 1 amide bonds. The predicted molar refractivity (Wildman–Crippen MR) is 71.5 cm³/mol. The lowest BCUT2D eigenvalue weighted by Gasteiger charge is -2.29. The average molecular weight is 313 g/mol. The number of rotatable bonds is 2. The van der Waals surface area contributed by atoms with Crippen LogP contribution in [-0.4, -0.2) is 36.0 Å². The maximum absolute atomic E-state index is 12.5. The number of furan rings is 1. The molecule has 0 bridgehead atoms. The topological polar surface area (TPSA) is 45.5 Å². The Balaban J connectivity index is 1.78. The Hall–Kier alpha value is -0.810. The van der Waals surface area contributed by atoms with Crippen LogP contribution in [0.5, 0.6) is 0 Å². The molecule has 1 N–H and O–H groups in total. The third-order valence-electron chi connectivity index (χ3n) is 3.97. The van der Waals surface area contributed by atoms with E-state index in [1.165, 1.54) is 12.8 Å². The lowest BCUT2D eigenvalue weighted by Crippen LogP contribution is -2.46. The van der Waals surface area contributed by atoms with Crippen molar-refractivity contribution in [2.24, 2.45) is 0 Å². The van der Waals surface area contributed by atoms with Gasteiger partial charge in [0.15, 0.2) is 4.67 Å². The zero-order chi connectivity index (χ0) is 12.5. The van der Waals surface area contributed by atoms with Gasteiger partial charge in [-0.25, -0.2) is 0 Å². The molecule has 0 aliphatic carbocycles. The fraction of sp³-hybridized carbons (Fsp3) is 0.615. The Morgan fingerprint density at radius 3 is 3.00 bits per heavy atom. The molecule has 1 aromatic heterocycles. The Morgan fingerprint density at radius 1 is 1.44 bits per heavy atom. The second-order valence-corrected chi connectivity index (χ2v) is 5.74. The van der Waals surface area contributed by atoms with Crippen molar-refractivity contribution in [2.75, 3.05) is 13.1 Å². The lowest BCUT2D eigenvalue weighted by molar-refractivity contribution is 0.0709. The summed E-state index contributed by atoms with van der Waals surface area (Å²) in [5.41, 5.74) is 0.639. The van der Waals surface area contributed by atoms with Crippen molar-refractivity contribution >= 4 is 21.8 Å². The molecule has 3 heterocycles. The van der Waals surface area contributed by atoms with Crippen molar-refractivity contribution in [3.8, 4) is 0 Å². The van der Waals surface area contributed by atoms with Crippen LogP contribution in [-0.2, 0) is 0 Å². The summed E-state index contributed by atoms with van der Waals surface area (Å²) in [5, 5.41) is 3.51. The van der Waals surface area contributed by atoms with Crippen molar-refractivity contribution in [2.45, 2.75) is 37.8 Å². The zero-order valence-corrected chi connectivity index (χ0v) is 11.8. The van der Waals surface area contributed by atoms with Crippen LogP contribution in [0.3, 0.4) is 0 Å². The van der Waals surface area contributed by atoms with Gasteiger partial charge >= 0.3 is 0 Å². The first-order valence-corrected chi connectivity index (χ1v) is 7.34. The van der Waals surface area contributed by atoms with Crippen LogP contribution in [0.2, 0.25) is 0 Å². The molecule has 1 aromatic rings. The van der Waals surface area contributed by atoms with E-state index < -0.39 is 0 Å². The molecule has 2 aliphatic rings. The van der Waals surface area contributed by atoms with Crippen LogP contribution in [0, 0.1) is 0 Å². The fourth-order valence-electron chi connectivity index (χ4n) is 3.10. The molecule has 2 unspecified atom stereocenters. The third-order valence-corrected chi connectivity index (χ3v) is 4.59. The number of hydrogen-bond donors (Lipinski definition) is 1. The van der Waals surface area contributed by atoms with Crippen LogP contribution < -0.4 is 5.32 Å². The van der Waals surface area contributed by atoms with E-state index in [1.54, 1.807) is 12.3 Å². The third kappa shape index (κ3) is 2.10. The van der Waals surface area contributed by atoms with Gasteiger partial charge in [0.2, 0.25) is 0 Å². The van der Waals surface area contributed by atoms with Crippen LogP contribution in [0.15, 0.2) is 21.4 Å². The van der Waals surface area contributed by atoms with Gasteiger partial charge in [-0.2, -0.15) is 0 Å². The van der Waals surface area contributed by atoms with Gasteiger partial charge < -0.3 is 14.6 Å². The summed E-state index contributed by atoms with van der Waals surface area (Å²) in [6.07, 6.45) is 6.17. The summed E-state index contributed by atoms with van der Waals surface area (Å²) in [6, 6.07) is 2.56. The highest BCUT2D eigenvalue weighted by Gasteiger charge is 2.36. The highest BCUT2D eigenvalue weighted by atomic mass is 79.9. The SMILES string of the molecule is O=C(c1ccoc1Br)N1CCCC1C1CCCN1. The largest absolute Gasteiger partial charge is 0.457 e. The van der Waals surface area contributed by atoms with Crippen molar-refractivity contribution < 1.29 is 9.21 Å². The van der Waals surface area contributed by atoms with Gasteiger partial charge in [0.1, 0.15) is 0 Å². The second kappa shape index (κ2) is 5.05. The van der Waals surface area contributed by atoms with Gasteiger partial charge in [-0.05, 0) is 54.2 Å². The molecule has 3 rings (SSSR count). The number of hydrogen-bond acceptors (Lipinski definition) is 3. The minimum Gasteiger partial charge on any atom is -0.457 e. The Morgan fingerprint density at radius 2 is 2.33 bits per heavy atom. The molecule has 0 radical (unpaired) electrons. The normalized spacial score (nSPS) is 27.9. The van der Waals surface area contributed by atoms with Gasteiger partial charge in [0.25, 0.3) is 5.91 Å². The molecule has 2 fully saturated rings. The number of nitrogens with zero attached hydrogens (tertiary/aromatic N) is 1. The molecule has 0 spiro atoms. The first-order chi connectivity index (χ1) is 8.77. The number of carbonyl (C=O) groups is 1. The monoisotopic (exact) mass is 312 g/mol. The summed E-state index contributed by atoms with van der Waals surface area (Å²) in [5.74, 6) is 0.0897. The number of amides is 1. The first-order valence-electron chi connectivity index (χ1n) is 6.55. The maximum Gasteiger partial charge on any atom is 0.258 e. The number of carbonyl (C=O) groups excluding carboxylic acids is 1. The summed E-state index contributed by atoms with van der Waals surface area (Å²) >= 11 is 3.29. The Kier molecular flexibility index (Phi) is 3.43. The van der Waals surface area contributed by atoms with Crippen LogP contribution in [0.25, 0.3) is 0 Å². The zero-order valence-electron chi connectivity index (χ0n) is 10.2. The molecule has 0 saturated carbocycles. The fourth-order valence-corrected chi connectivity index (χ4v) is 3.51. The lowest BCUT2D eigenvalue weighted by atomic mass is 10.0. The number of halogens is 1. The predicted octanol–water partition coefficient (Wildman–Crippen LogP) is 2.40. The number of likely N-dealkylation sites (tertiary alicyclic amines) is 1. The molecule has 2 atom stereocenters. The summed E-state index contributed by atoms with van der Waals surface area (Å²) in [4.78, 5) is 14.5. The molecule has 18 heavy (non-hydrogen) atoms. The van der Waals surface area contributed by atoms with E-state index in [-0.39, 0.29) is 5.91 Å². The van der Waals surface area contributed by atoms with E-state index in [9.17, 15) is 4.79 Å². The summed E-state index contributed by atoms with van der Waals surface area (Å²) in [6.45, 7) is 1.94. The molecule has 0 aromatic carbocycles. The number of nitrogens with one attached hydrogen (secondary N) is 1. The van der Waals surface area contributed by atoms with E-state index in [2.05, 4.69) is 21.2 Å². The molecule has 5 heteroatoms. The Bertz CT molecular complexity index is 440. The van der Waals surface area contributed by atoms with Gasteiger partial charge in [-0.3, -0.25) is 4.79 Å². The van der Waals surface area contributed by atoms with E-state index in [4.69, 9.17) is 4.42 Å². The van der Waals surface area contributed by atoms with E-state index >= 15 is 0 Å². The maximum atomic E-state index is 12.5. The van der Waals surface area contributed by atoms with Crippen molar-refractivity contribution in [1.82, 2.24) is 10.2 Å². The summed E-state index contributed by atoms with van der Waals surface area (Å²) < 4.78 is 5.70. The Labute approximate surface area is 115 Å². The molecule has 2 aliphatic heterocycles. The quantitative estimate of drug-likeness (QED) is 0.912. The van der Waals surface area contributed by atoms with E-state index in [1.807, 2.05) is 4.90 Å². The highest BCUT2D eigenvalue weighted by Crippen LogP contribution is 2.28. The van der Waals surface area contributed by atoms with Crippen LogP contribution >= 0.6 is 15.9 Å². The van der Waals surface area contributed by atoms with Crippen molar-refractivity contribution in [1.29, 1.82) is 0 Å². The van der Waals surface area contributed by atoms with Gasteiger partial charge in [-0.15, -0.1) is 0 Å². The highest BCUT2D eigenvalue weighted by molar-refractivity contribution is 9.10. The van der Waals surface area contributed by atoms with Gasteiger partial charge in [-0.1, -0.05) is 0 Å². The smallest absolute Gasteiger partial charge is 0.258 e. The minimum absolute atomic E-state index is 0.0897. The van der Waals surface area contributed by atoms with E-state index in [0.29, 0.717) is 22.3 Å². The van der Waals surface area contributed by atoms with Gasteiger partial charge in [0.05, 0.1) is 11.8 Å². The first kappa shape index (κ1) is 12.2. The summed E-state index contributed by atoms with van der Waals surface area (Å²) in [7, 11) is 0. The van der Waals surface area contributed by atoms with Gasteiger partial charge in [0, 0.05) is 18.6 Å². The van der Waals surface area contributed by atoms with Crippen LogP contribution in [0.4, 0.5) is 0 Å².